The molecule has 0 spiro atoms. The SMILES string of the molecule is Cc1nnc(S[C@@H](C)C(=O)Nc2ccc(F)cc2F)n1C. The fourth-order valence-electron chi connectivity index (χ4n) is 1.53. The highest BCUT2D eigenvalue weighted by molar-refractivity contribution is 8.00. The van der Waals surface area contributed by atoms with Gasteiger partial charge in [0.05, 0.1) is 10.9 Å². The van der Waals surface area contributed by atoms with Crippen LogP contribution in [0.3, 0.4) is 0 Å². The molecule has 0 aliphatic rings. The predicted molar refractivity (Wildman–Crippen MR) is 76.0 cm³/mol. The Morgan fingerprint density at radius 2 is 2.10 bits per heavy atom. The molecule has 0 saturated carbocycles. The van der Waals surface area contributed by atoms with Gasteiger partial charge in [-0.15, -0.1) is 10.2 Å². The fourth-order valence-corrected chi connectivity index (χ4v) is 2.39. The van der Waals surface area contributed by atoms with Crippen molar-refractivity contribution in [2.75, 3.05) is 5.32 Å². The van der Waals surface area contributed by atoms with E-state index in [1.54, 1.807) is 25.5 Å². The molecule has 0 radical (unpaired) electrons. The molecule has 0 bridgehead atoms. The second-order valence-electron chi connectivity index (χ2n) is 4.46. The molecule has 0 saturated heterocycles. The second kappa shape index (κ2) is 6.21. The van der Waals surface area contributed by atoms with Crippen molar-refractivity contribution in [3.05, 3.63) is 35.7 Å². The van der Waals surface area contributed by atoms with Crippen LogP contribution in [0.15, 0.2) is 23.4 Å². The molecular weight excluding hydrogens is 298 g/mol. The van der Waals surface area contributed by atoms with E-state index in [1.165, 1.54) is 17.8 Å². The summed E-state index contributed by atoms with van der Waals surface area (Å²) in [5.74, 6) is -1.17. The molecule has 8 heteroatoms. The lowest BCUT2D eigenvalue weighted by molar-refractivity contribution is -0.115. The number of hydrogen-bond acceptors (Lipinski definition) is 4. The zero-order valence-corrected chi connectivity index (χ0v) is 12.5. The molecular formula is C13H14F2N4OS. The number of anilines is 1. The minimum atomic E-state index is -0.810. The van der Waals surface area contributed by atoms with Crippen molar-refractivity contribution in [3.63, 3.8) is 0 Å². The monoisotopic (exact) mass is 312 g/mol. The molecule has 1 heterocycles. The van der Waals surface area contributed by atoms with Gasteiger partial charge in [-0.2, -0.15) is 0 Å². The molecule has 1 atom stereocenters. The Kier molecular flexibility index (Phi) is 4.56. The molecule has 1 amide bonds. The number of aryl methyl sites for hydroxylation is 1. The number of nitrogens with zero attached hydrogens (tertiary/aromatic N) is 3. The summed E-state index contributed by atoms with van der Waals surface area (Å²) in [5.41, 5.74) is -0.0528. The number of hydrogen-bond donors (Lipinski definition) is 1. The van der Waals surface area contributed by atoms with E-state index in [0.29, 0.717) is 5.16 Å². The maximum Gasteiger partial charge on any atom is 0.237 e. The summed E-state index contributed by atoms with van der Waals surface area (Å²) in [6.45, 7) is 3.47. The summed E-state index contributed by atoms with van der Waals surface area (Å²) >= 11 is 1.21. The van der Waals surface area contributed by atoms with Crippen LogP contribution in [0.4, 0.5) is 14.5 Å². The van der Waals surface area contributed by atoms with Gasteiger partial charge in [0, 0.05) is 13.1 Å². The highest BCUT2D eigenvalue weighted by Crippen LogP contribution is 2.23. The number of carbonyl (C=O) groups excluding carboxylic acids is 1. The number of halogens is 2. The Morgan fingerprint density at radius 3 is 2.67 bits per heavy atom. The zero-order valence-electron chi connectivity index (χ0n) is 11.7. The fraction of sp³-hybridized carbons (Fsp3) is 0.308. The summed E-state index contributed by atoms with van der Waals surface area (Å²) in [4.78, 5) is 12.0. The van der Waals surface area contributed by atoms with Gasteiger partial charge >= 0.3 is 0 Å². The summed E-state index contributed by atoms with van der Waals surface area (Å²) in [6.07, 6.45) is 0. The second-order valence-corrected chi connectivity index (χ2v) is 5.77. The summed E-state index contributed by atoms with van der Waals surface area (Å²) in [5, 5.41) is 10.4. The molecule has 0 fully saturated rings. The van der Waals surface area contributed by atoms with Gasteiger partial charge in [-0.3, -0.25) is 4.79 Å². The first-order valence-corrected chi connectivity index (χ1v) is 7.05. The Hall–Kier alpha value is -1.96. The van der Waals surface area contributed by atoms with Gasteiger partial charge in [0.2, 0.25) is 5.91 Å². The Balaban J connectivity index is 2.04. The Labute approximate surface area is 124 Å². The third-order valence-corrected chi connectivity index (χ3v) is 4.03. The average Bonchev–Trinajstić information content (AvgIpc) is 2.73. The van der Waals surface area contributed by atoms with E-state index in [0.717, 1.165) is 18.0 Å². The van der Waals surface area contributed by atoms with E-state index in [2.05, 4.69) is 15.5 Å². The normalized spacial score (nSPS) is 12.2. The van der Waals surface area contributed by atoms with Crippen LogP contribution in [0.25, 0.3) is 0 Å². The lowest BCUT2D eigenvalue weighted by Gasteiger charge is -2.12. The van der Waals surface area contributed by atoms with Crippen molar-refractivity contribution in [1.82, 2.24) is 14.8 Å². The number of amides is 1. The van der Waals surface area contributed by atoms with Crippen LogP contribution in [0.1, 0.15) is 12.7 Å². The molecule has 2 rings (SSSR count). The zero-order chi connectivity index (χ0) is 15.6. The van der Waals surface area contributed by atoms with E-state index >= 15 is 0 Å². The van der Waals surface area contributed by atoms with Gasteiger partial charge in [-0.25, -0.2) is 8.78 Å². The number of carbonyl (C=O) groups is 1. The maximum absolute atomic E-state index is 13.5. The Bertz CT molecular complexity index is 674. The van der Waals surface area contributed by atoms with Gasteiger partial charge in [0.1, 0.15) is 17.5 Å². The Morgan fingerprint density at radius 1 is 1.38 bits per heavy atom. The van der Waals surface area contributed by atoms with E-state index in [9.17, 15) is 13.6 Å². The minimum absolute atomic E-state index is 0.0528. The summed E-state index contributed by atoms with van der Waals surface area (Å²) < 4.78 is 28.0. The van der Waals surface area contributed by atoms with Crippen LogP contribution < -0.4 is 5.32 Å². The lowest BCUT2D eigenvalue weighted by atomic mass is 10.3. The maximum atomic E-state index is 13.5. The quantitative estimate of drug-likeness (QED) is 0.881. The van der Waals surface area contributed by atoms with E-state index in [-0.39, 0.29) is 5.69 Å². The van der Waals surface area contributed by atoms with Crippen LogP contribution in [0.5, 0.6) is 0 Å². The van der Waals surface area contributed by atoms with Crippen LogP contribution in [0.2, 0.25) is 0 Å². The van der Waals surface area contributed by atoms with E-state index in [1.807, 2.05) is 0 Å². The highest BCUT2D eigenvalue weighted by atomic mass is 32.2. The van der Waals surface area contributed by atoms with Crippen molar-refractivity contribution in [2.45, 2.75) is 24.3 Å². The molecule has 0 unspecified atom stereocenters. The van der Waals surface area contributed by atoms with Crippen molar-refractivity contribution >= 4 is 23.4 Å². The molecule has 0 aliphatic carbocycles. The number of nitrogens with one attached hydrogen (secondary N) is 1. The number of rotatable bonds is 4. The van der Waals surface area contributed by atoms with Crippen LogP contribution in [-0.4, -0.2) is 25.9 Å². The first-order valence-electron chi connectivity index (χ1n) is 6.17. The third-order valence-electron chi connectivity index (χ3n) is 2.89. The van der Waals surface area contributed by atoms with Crippen molar-refractivity contribution in [3.8, 4) is 0 Å². The first-order chi connectivity index (χ1) is 9.88. The van der Waals surface area contributed by atoms with Crippen molar-refractivity contribution in [1.29, 1.82) is 0 Å². The molecule has 0 aliphatic heterocycles. The van der Waals surface area contributed by atoms with Crippen LogP contribution in [0, 0.1) is 18.6 Å². The molecule has 112 valence electrons. The van der Waals surface area contributed by atoms with E-state index < -0.39 is 22.8 Å². The number of thioether (sulfide) groups is 1. The third kappa shape index (κ3) is 3.57. The summed E-state index contributed by atoms with van der Waals surface area (Å²) in [6, 6.07) is 2.99. The first kappa shape index (κ1) is 15.4. The van der Waals surface area contributed by atoms with Gasteiger partial charge in [-0.05, 0) is 26.0 Å². The summed E-state index contributed by atoms with van der Waals surface area (Å²) in [7, 11) is 1.79. The molecule has 1 N–H and O–H groups in total. The largest absolute Gasteiger partial charge is 0.323 e. The highest BCUT2D eigenvalue weighted by Gasteiger charge is 2.19. The van der Waals surface area contributed by atoms with Gasteiger partial charge in [-0.1, -0.05) is 11.8 Å². The van der Waals surface area contributed by atoms with Gasteiger partial charge < -0.3 is 9.88 Å². The van der Waals surface area contributed by atoms with E-state index in [4.69, 9.17) is 0 Å². The molecule has 1 aromatic heterocycles. The molecule has 21 heavy (non-hydrogen) atoms. The number of aromatic nitrogens is 3. The molecule has 1 aromatic carbocycles. The van der Waals surface area contributed by atoms with Crippen LogP contribution >= 0.6 is 11.8 Å². The average molecular weight is 312 g/mol. The van der Waals surface area contributed by atoms with Crippen molar-refractivity contribution < 1.29 is 13.6 Å². The predicted octanol–water partition coefficient (Wildman–Crippen LogP) is 2.52. The standard InChI is InChI=1S/C13H14F2N4OS/c1-7(21-13-18-17-8(2)19(13)3)12(20)16-11-5-4-9(14)6-10(11)15/h4-7H,1-3H3,(H,16,20)/t7-/m0/s1. The van der Waals surface area contributed by atoms with Crippen LogP contribution in [-0.2, 0) is 11.8 Å². The molecule has 5 nitrogen and oxygen atoms in total. The van der Waals surface area contributed by atoms with Crippen molar-refractivity contribution in [2.24, 2.45) is 7.05 Å². The lowest BCUT2D eigenvalue weighted by Crippen LogP contribution is -2.23. The molecule has 2 aromatic rings. The van der Waals surface area contributed by atoms with Gasteiger partial charge in [0.25, 0.3) is 0 Å². The topological polar surface area (TPSA) is 59.8 Å². The van der Waals surface area contributed by atoms with Gasteiger partial charge in [0.15, 0.2) is 5.16 Å². The minimum Gasteiger partial charge on any atom is -0.323 e. The smallest absolute Gasteiger partial charge is 0.237 e. The number of benzene rings is 1.